The first kappa shape index (κ1) is 14.1. The predicted octanol–water partition coefficient (Wildman–Crippen LogP) is 0.737. The summed E-state index contributed by atoms with van der Waals surface area (Å²) in [7, 11) is 1.69. The van der Waals surface area contributed by atoms with E-state index in [4.69, 9.17) is 13.9 Å². The van der Waals surface area contributed by atoms with Crippen LogP contribution >= 0.6 is 0 Å². The molecule has 0 amide bonds. The smallest absolute Gasteiger partial charge is 0.336 e. The van der Waals surface area contributed by atoms with E-state index in [1.165, 1.54) is 4.90 Å². The maximum Gasteiger partial charge on any atom is 0.336 e. The number of hydrogen-bond donors (Lipinski definition) is 1. The second kappa shape index (κ2) is 5.87. The van der Waals surface area contributed by atoms with E-state index in [-0.39, 0.29) is 5.63 Å². The summed E-state index contributed by atoms with van der Waals surface area (Å²) in [5.41, 5.74) is 2.38. The third-order valence-electron chi connectivity index (χ3n) is 3.96. The Bertz CT molecular complexity index is 707. The Kier molecular flexibility index (Phi) is 3.94. The number of aryl methyl sites for hydroxylation is 1. The van der Waals surface area contributed by atoms with Gasteiger partial charge in [0.2, 0.25) is 6.73 Å². The highest BCUT2D eigenvalue weighted by Crippen LogP contribution is 2.29. The van der Waals surface area contributed by atoms with E-state index in [1.54, 1.807) is 13.2 Å². The van der Waals surface area contributed by atoms with Gasteiger partial charge in [-0.05, 0) is 24.1 Å². The van der Waals surface area contributed by atoms with Crippen molar-refractivity contribution < 1.29 is 18.8 Å². The lowest BCUT2D eigenvalue weighted by atomic mass is 10.0. The summed E-state index contributed by atoms with van der Waals surface area (Å²) < 4.78 is 16.4. The van der Waals surface area contributed by atoms with Crippen LogP contribution in [-0.4, -0.2) is 27.0 Å². The molecule has 0 spiro atoms. The summed E-state index contributed by atoms with van der Waals surface area (Å²) in [5, 5.41) is 1.01. The predicted molar refractivity (Wildman–Crippen MR) is 78.8 cm³/mol. The molecule has 0 radical (unpaired) electrons. The minimum absolute atomic E-state index is 0.295. The fraction of sp³-hybridized carbons (Fsp3) is 0.438. The highest BCUT2D eigenvalue weighted by Gasteiger charge is 2.24. The van der Waals surface area contributed by atoms with Crippen molar-refractivity contribution in [3.05, 3.63) is 39.7 Å². The third-order valence-corrected chi connectivity index (χ3v) is 3.96. The van der Waals surface area contributed by atoms with Gasteiger partial charge in [-0.1, -0.05) is 6.92 Å². The van der Waals surface area contributed by atoms with Gasteiger partial charge >= 0.3 is 5.63 Å². The average Bonchev–Trinajstić information content (AvgIpc) is 2.51. The Morgan fingerprint density at radius 1 is 1.38 bits per heavy atom. The van der Waals surface area contributed by atoms with Crippen LogP contribution in [-0.2, 0) is 17.7 Å². The van der Waals surface area contributed by atoms with Crippen molar-refractivity contribution in [2.45, 2.75) is 19.9 Å². The van der Waals surface area contributed by atoms with Gasteiger partial charge in [-0.2, -0.15) is 0 Å². The number of quaternary nitrogens is 1. The van der Waals surface area contributed by atoms with Gasteiger partial charge in [0, 0.05) is 18.6 Å². The van der Waals surface area contributed by atoms with Crippen molar-refractivity contribution in [3.63, 3.8) is 0 Å². The number of nitrogens with one attached hydrogen (secondary N) is 1. The Morgan fingerprint density at radius 2 is 2.24 bits per heavy atom. The second-order valence-corrected chi connectivity index (χ2v) is 5.32. The van der Waals surface area contributed by atoms with Crippen LogP contribution in [0.3, 0.4) is 0 Å². The number of methoxy groups -OCH3 is 1. The largest absolute Gasteiger partial charge is 0.445 e. The zero-order valence-electron chi connectivity index (χ0n) is 12.4. The molecule has 1 unspecified atom stereocenters. The van der Waals surface area contributed by atoms with Gasteiger partial charge < -0.3 is 13.9 Å². The van der Waals surface area contributed by atoms with Crippen LogP contribution in [0, 0.1) is 0 Å². The number of benzene rings is 1. The van der Waals surface area contributed by atoms with Crippen LogP contribution in [0.25, 0.3) is 11.0 Å². The Balaban J connectivity index is 2.07. The molecule has 0 saturated heterocycles. The molecule has 5 heteroatoms. The third kappa shape index (κ3) is 2.66. The van der Waals surface area contributed by atoms with E-state index in [9.17, 15) is 4.79 Å². The molecule has 112 valence electrons. The van der Waals surface area contributed by atoms with E-state index in [0.717, 1.165) is 41.8 Å². The van der Waals surface area contributed by atoms with Gasteiger partial charge in [-0.25, -0.2) is 4.79 Å². The molecule has 3 rings (SSSR count). The summed E-state index contributed by atoms with van der Waals surface area (Å²) in [6, 6.07) is 5.54. The molecule has 0 fully saturated rings. The first-order valence-corrected chi connectivity index (χ1v) is 7.27. The minimum atomic E-state index is -0.295. The number of fused-ring (bicyclic) bond motifs is 3. The summed E-state index contributed by atoms with van der Waals surface area (Å²) in [6.07, 6.45) is 0.808. The maximum absolute atomic E-state index is 11.8. The molecule has 0 bridgehead atoms. The SMILES string of the molecule is CCc1cc(=O)oc2c3c(ccc12)OC[NH+](CCOC)C3. The first-order valence-electron chi connectivity index (χ1n) is 7.27. The topological polar surface area (TPSA) is 53.1 Å². The van der Waals surface area contributed by atoms with Crippen molar-refractivity contribution in [2.75, 3.05) is 27.0 Å². The summed E-state index contributed by atoms with van der Waals surface area (Å²) in [6.45, 7) is 4.99. The molecule has 1 aromatic carbocycles. The van der Waals surface area contributed by atoms with E-state index in [2.05, 4.69) is 0 Å². The van der Waals surface area contributed by atoms with Gasteiger partial charge in [0.05, 0.1) is 12.2 Å². The molecule has 1 N–H and O–H groups in total. The summed E-state index contributed by atoms with van der Waals surface area (Å²) in [4.78, 5) is 13.0. The van der Waals surface area contributed by atoms with Gasteiger partial charge in [0.25, 0.3) is 0 Å². The fourth-order valence-electron chi connectivity index (χ4n) is 2.81. The van der Waals surface area contributed by atoms with E-state index in [0.29, 0.717) is 18.9 Å². The number of hydrogen-bond acceptors (Lipinski definition) is 4. The maximum atomic E-state index is 11.8. The molecule has 1 atom stereocenters. The Labute approximate surface area is 123 Å². The molecular weight excluding hydrogens is 270 g/mol. The van der Waals surface area contributed by atoms with Gasteiger partial charge in [0.15, 0.2) is 5.58 Å². The zero-order valence-corrected chi connectivity index (χ0v) is 12.4. The number of rotatable bonds is 4. The van der Waals surface area contributed by atoms with Gasteiger partial charge in [-0.15, -0.1) is 0 Å². The van der Waals surface area contributed by atoms with Gasteiger partial charge in [-0.3, -0.25) is 4.90 Å². The summed E-state index contributed by atoms with van der Waals surface area (Å²) >= 11 is 0. The minimum Gasteiger partial charge on any atom is -0.445 e. The molecule has 21 heavy (non-hydrogen) atoms. The zero-order chi connectivity index (χ0) is 14.8. The molecule has 0 aliphatic carbocycles. The van der Waals surface area contributed by atoms with E-state index in [1.807, 2.05) is 19.1 Å². The van der Waals surface area contributed by atoms with Gasteiger partial charge in [0.1, 0.15) is 18.8 Å². The average molecular weight is 290 g/mol. The van der Waals surface area contributed by atoms with Crippen molar-refractivity contribution in [1.82, 2.24) is 0 Å². The van der Waals surface area contributed by atoms with Crippen LogP contribution in [0.4, 0.5) is 0 Å². The molecule has 2 aromatic rings. The molecule has 1 aliphatic rings. The number of ether oxygens (including phenoxy) is 2. The fourth-order valence-corrected chi connectivity index (χ4v) is 2.81. The standard InChI is InChI=1S/C16H19NO4/c1-3-11-8-15(18)21-16-12(11)4-5-14-13(16)9-17(10-20-14)6-7-19-2/h4-5,8H,3,6-7,9-10H2,1-2H3/p+1. The van der Waals surface area contributed by atoms with Crippen LogP contribution < -0.4 is 15.3 Å². The quantitative estimate of drug-likeness (QED) is 0.844. The molecule has 2 heterocycles. The first-order chi connectivity index (χ1) is 10.2. The van der Waals surface area contributed by atoms with Crippen molar-refractivity contribution in [2.24, 2.45) is 0 Å². The van der Waals surface area contributed by atoms with Crippen molar-refractivity contribution in [1.29, 1.82) is 0 Å². The summed E-state index contributed by atoms with van der Waals surface area (Å²) in [5.74, 6) is 0.820. The van der Waals surface area contributed by atoms with Crippen LogP contribution in [0.1, 0.15) is 18.1 Å². The van der Waals surface area contributed by atoms with E-state index < -0.39 is 0 Å². The lowest BCUT2D eigenvalue weighted by molar-refractivity contribution is -0.932. The monoisotopic (exact) mass is 290 g/mol. The lowest BCUT2D eigenvalue weighted by Crippen LogP contribution is -3.12. The highest BCUT2D eigenvalue weighted by atomic mass is 16.5. The Morgan fingerprint density at radius 3 is 3.00 bits per heavy atom. The molecular formula is C16H20NO4+. The van der Waals surface area contributed by atoms with Crippen LogP contribution in [0.5, 0.6) is 5.75 Å². The molecule has 1 aromatic heterocycles. The molecule has 1 aliphatic heterocycles. The van der Waals surface area contributed by atoms with Crippen molar-refractivity contribution >= 4 is 11.0 Å². The normalized spacial score (nSPS) is 17.5. The van der Waals surface area contributed by atoms with E-state index >= 15 is 0 Å². The Hall–Kier alpha value is -1.85. The van der Waals surface area contributed by atoms with Crippen LogP contribution in [0.15, 0.2) is 27.4 Å². The van der Waals surface area contributed by atoms with Crippen molar-refractivity contribution in [3.8, 4) is 5.75 Å². The second-order valence-electron chi connectivity index (χ2n) is 5.32. The van der Waals surface area contributed by atoms with Crippen LogP contribution in [0.2, 0.25) is 0 Å². The lowest BCUT2D eigenvalue weighted by Gasteiger charge is -2.26. The molecule has 0 saturated carbocycles. The molecule has 5 nitrogen and oxygen atoms in total. The highest BCUT2D eigenvalue weighted by molar-refractivity contribution is 5.85.